The van der Waals surface area contributed by atoms with Crippen LogP contribution in [0.25, 0.3) is 0 Å². The van der Waals surface area contributed by atoms with E-state index in [1.165, 1.54) is 11.3 Å². The van der Waals surface area contributed by atoms with Gasteiger partial charge >= 0.3 is 0 Å². The van der Waals surface area contributed by atoms with Gasteiger partial charge in [0.25, 0.3) is 5.91 Å². The van der Waals surface area contributed by atoms with Crippen LogP contribution in [-0.2, 0) is 4.79 Å². The molecule has 1 saturated heterocycles. The highest BCUT2D eigenvalue weighted by atomic mass is 79.9. The quantitative estimate of drug-likeness (QED) is 0.833. The van der Waals surface area contributed by atoms with Crippen LogP contribution < -0.4 is 0 Å². The number of carbonyl (C=O) groups is 2. The number of hydrogen-bond donors (Lipinski definition) is 0. The lowest BCUT2D eigenvalue weighted by atomic mass is 10.3. The van der Waals surface area contributed by atoms with Crippen molar-refractivity contribution in [3.8, 4) is 0 Å². The number of carbonyl (C=O) groups excluding carboxylic acids is 2. The van der Waals surface area contributed by atoms with Crippen molar-refractivity contribution in [2.75, 3.05) is 26.2 Å². The number of hydrogen-bond acceptors (Lipinski definition) is 3. The molecule has 0 aliphatic carbocycles. The zero-order chi connectivity index (χ0) is 14.5. The molecular weight excluding hydrogens is 340 g/mol. The van der Waals surface area contributed by atoms with E-state index in [0.29, 0.717) is 19.5 Å². The monoisotopic (exact) mass is 358 g/mol. The van der Waals surface area contributed by atoms with Crippen LogP contribution in [0.15, 0.2) is 15.9 Å². The number of thiophene rings is 1. The average Bonchev–Trinajstić information content (AvgIpc) is 2.72. The minimum absolute atomic E-state index is 0.0745. The Morgan fingerprint density at radius 1 is 1.25 bits per heavy atom. The van der Waals surface area contributed by atoms with Gasteiger partial charge in [0.15, 0.2) is 0 Å². The summed E-state index contributed by atoms with van der Waals surface area (Å²) in [6, 6.07) is 1.86. The Kier molecular flexibility index (Phi) is 5.60. The van der Waals surface area contributed by atoms with E-state index in [2.05, 4.69) is 15.9 Å². The van der Waals surface area contributed by atoms with E-state index in [-0.39, 0.29) is 11.8 Å². The van der Waals surface area contributed by atoms with E-state index in [1.807, 2.05) is 28.2 Å². The Bertz CT molecular complexity index is 489. The third-order valence-electron chi connectivity index (χ3n) is 3.38. The van der Waals surface area contributed by atoms with Crippen molar-refractivity contribution < 1.29 is 9.59 Å². The van der Waals surface area contributed by atoms with Crippen molar-refractivity contribution in [1.82, 2.24) is 9.80 Å². The van der Waals surface area contributed by atoms with E-state index in [9.17, 15) is 9.59 Å². The Labute approximate surface area is 131 Å². The summed E-state index contributed by atoms with van der Waals surface area (Å²) in [5.74, 6) is 0.283. The van der Waals surface area contributed by atoms with Crippen LogP contribution in [0.2, 0.25) is 0 Å². The fraction of sp³-hybridized carbons (Fsp3) is 0.571. The maximum absolute atomic E-state index is 12.4. The van der Waals surface area contributed by atoms with Crippen molar-refractivity contribution in [3.63, 3.8) is 0 Å². The number of nitrogens with zero attached hydrogens (tertiary/aromatic N) is 2. The lowest BCUT2D eigenvalue weighted by Crippen LogP contribution is -2.37. The fourth-order valence-corrected chi connectivity index (χ4v) is 3.72. The molecule has 110 valence electrons. The van der Waals surface area contributed by atoms with Gasteiger partial charge in [-0.2, -0.15) is 0 Å². The predicted molar refractivity (Wildman–Crippen MR) is 84.0 cm³/mol. The molecule has 1 aromatic rings. The highest BCUT2D eigenvalue weighted by Crippen LogP contribution is 2.21. The lowest BCUT2D eigenvalue weighted by Gasteiger charge is -2.21. The maximum Gasteiger partial charge on any atom is 0.264 e. The van der Waals surface area contributed by atoms with Crippen molar-refractivity contribution in [2.24, 2.45) is 0 Å². The molecule has 0 saturated carbocycles. The van der Waals surface area contributed by atoms with Gasteiger partial charge in [0.2, 0.25) is 5.91 Å². The van der Waals surface area contributed by atoms with Crippen LogP contribution in [0.5, 0.6) is 0 Å². The molecule has 1 aliphatic heterocycles. The highest BCUT2D eigenvalue weighted by molar-refractivity contribution is 9.10. The molecule has 2 rings (SSSR count). The van der Waals surface area contributed by atoms with Gasteiger partial charge < -0.3 is 9.80 Å². The molecule has 2 amide bonds. The molecule has 0 bridgehead atoms. The molecule has 0 radical (unpaired) electrons. The first-order valence-electron chi connectivity index (χ1n) is 6.93. The summed E-state index contributed by atoms with van der Waals surface area (Å²) >= 11 is 4.83. The largest absolute Gasteiger partial charge is 0.341 e. The minimum atomic E-state index is 0.0745. The van der Waals surface area contributed by atoms with Crippen LogP contribution in [0.4, 0.5) is 0 Å². The van der Waals surface area contributed by atoms with Crippen molar-refractivity contribution in [3.05, 3.63) is 20.8 Å². The molecule has 1 aliphatic rings. The third-order valence-corrected chi connectivity index (χ3v) is 5.06. The second kappa shape index (κ2) is 7.22. The second-order valence-electron chi connectivity index (χ2n) is 4.91. The van der Waals surface area contributed by atoms with Gasteiger partial charge in [-0.1, -0.05) is 6.92 Å². The number of rotatable bonds is 3. The summed E-state index contributed by atoms with van der Waals surface area (Å²) in [7, 11) is 0. The molecule has 0 unspecified atom stereocenters. The molecule has 1 fully saturated rings. The van der Waals surface area contributed by atoms with E-state index in [1.54, 1.807) is 0 Å². The smallest absolute Gasteiger partial charge is 0.264 e. The number of amides is 2. The molecule has 6 heteroatoms. The Balaban J connectivity index is 1.95. The van der Waals surface area contributed by atoms with Gasteiger partial charge in [0, 0.05) is 42.5 Å². The summed E-state index contributed by atoms with van der Waals surface area (Å²) in [5, 5.41) is 1.92. The fourth-order valence-electron chi connectivity index (χ4n) is 2.32. The summed E-state index contributed by atoms with van der Waals surface area (Å²) in [6.45, 7) is 4.78. The molecule has 0 spiro atoms. The second-order valence-corrected chi connectivity index (χ2v) is 6.73. The molecule has 1 aromatic heterocycles. The predicted octanol–water partition coefficient (Wildman–Crippen LogP) is 2.99. The van der Waals surface area contributed by atoms with E-state index in [0.717, 1.165) is 35.3 Å². The SMILES string of the molecule is CCCC(=O)N1CCCN(C(=O)c2cc(Br)cs2)CC1. The highest BCUT2D eigenvalue weighted by Gasteiger charge is 2.23. The van der Waals surface area contributed by atoms with Gasteiger partial charge in [-0.25, -0.2) is 0 Å². The molecule has 0 atom stereocenters. The van der Waals surface area contributed by atoms with Gasteiger partial charge in [0.05, 0.1) is 4.88 Å². The zero-order valence-electron chi connectivity index (χ0n) is 11.6. The lowest BCUT2D eigenvalue weighted by molar-refractivity contribution is -0.131. The molecule has 4 nitrogen and oxygen atoms in total. The van der Waals surface area contributed by atoms with Crippen LogP contribution in [-0.4, -0.2) is 47.8 Å². The van der Waals surface area contributed by atoms with Gasteiger partial charge in [-0.3, -0.25) is 9.59 Å². The zero-order valence-corrected chi connectivity index (χ0v) is 14.0. The van der Waals surface area contributed by atoms with Crippen LogP contribution >= 0.6 is 27.3 Å². The van der Waals surface area contributed by atoms with Gasteiger partial charge in [-0.15, -0.1) is 11.3 Å². The van der Waals surface area contributed by atoms with Crippen molar-refractivity contribution in [1.29, 1.82) is 0 Å². The van der Waals surface area contributed by atoms with E-state index < -0.39 is 0 Å². The molecule has 0 aromatic carbocycles. The van der Waals surface area contributed by atoms with Crippen molar-refractivity contribution in [2.45, 2.75) is 26.2 Å². The van der Waals surface area contributed by atoms with Gasteiger partial charge in [0.1, 0.15) is 0 Å². The van der Waals surface area contributed by atoms with Crippen molar-refractivity contribution >= 4 is 39.1 Å². The summed E-state index contributed by atoms with van der Waals surface area (Å²) in [5.41, 5.74) is 0. The number of halogens is 1. The first-order valence-corrected chi connectivity index (χ1v) is 8.60. The summed E-state index contributed by atoms with van der Waals surface area (Å²) in [4.78, 5) is 28.8. The first-order chi connectivity index (χ1) is 9.61. The molecular formula is C14H19BrN2O2S. The molecule has 0 N–H and O–H groups in total. The Hall–Kier alpha value is -0.880. The van der Waals surface area contributed by atoms with Gasteiger partial charge in [-0.05, 0) is 34.8 Å². The standard InChI is InChI=1S/C14H19BrN2O2S/c1-2-4-13(18)16-5-3-6-17(8-7-16)14(19)12-9-11(15)10-20-12/h9-10H,2-8H2,1H3. The minimum Gasteiger partial charge on any atom is -0.341 e. The summed E-state index contributed by atoms with van der Waals surface area (Å²) in [6.07, 6.45) is 2.33. The normalized spacial score (nSPS) is 16.1. The third kappa shape index (κ3) is 3.82. The topological polar surface area (TPSA) is 40.6 Å². The average molecular weight is 359 g/mol. The van der Waals surface area contributed by atoms with Crippen LogP contribution in [0.3, 0.4) is 0 Å². The van der Waals surface area contributed by atoms with E-state index >= 15 is 0 Å². The Morgan fingerprint density at radius 2 is 1.95 bits per heavy atom. The van der Waals surface area contributed by atoms with E-state index in [4.69, 9.17) is 0 Å². The first kappa shape index (κ1) is 15.5. The summed E-state index contributed by atoms with van der Waals surface area (Å²) < 4.78 is 0.945. The Morgan fingerprint density at radius 3 is 2.60 bits per heavy atom. The molecule has 20 heavy (non-hydrogen) atoms. The molecule has 2 heterocycles. The van der Waals surface area contributed by atoms with Crippen LogP contribution in [0.1, 0.15) is 35.9 Å². The maximum atomic E-state index is 12.4. The van der Waals surface area contributed by atoms with Crippen LogP contribution in [0, 0.1) is 0 Å².